The van der Waals surface area contributed by atoms with E-state index in [-0.39, 0.29) is 23.7 Å². The van der Waals surface area contributed by atoms with Gasteiger partial charge in [0.05, 0.1) is 0 Å². The minimum Gasteiger partial charge on any atom is -0.436 e. The number of amides is 1. The molecule has 0 aliphatic carbocycles. The Balaban J connectivity index is 2.00. The van der Waals surface area contributed by atoms with E-state index < -0.39 is 17.9 Å². The lowest BCUT2D eigenvalue weighted by Gasteiger charge is -2.21. The van der Waals surface area contributed by atoms with Crippen LogP contribution in [0.4, 0.5) is 23.2 Å². The molecule has 0 fully saturated rings. The third kappa shape index (κ3) is 3.33. The van der Waals surface area contributed by atoms with Crippen molar-refractivity contribution in [2.45, 2.75) is 13.1 Å². The van der Waals surface area contributed by atoms with E-state index in [1.165, 1.54) is 49.4 Å². The predicted octanol–water partition coefficient (Wildman–Crippen LogP) is 4.55. The number of alkyl halides is 3. The molecule has 1 aromatic heterocycles. The van der Waals surface area contributed by atoms with Gasteiger partial charge in [-0.2, -0.15) is 13.2 Å². The summed E-state index contributed by atoms with van der Waals surface area (Å²) in [6, 6.07) is 9.61. The topological polar surface area (TPSA) is 46.3 Å². The van der Waals surface area contributed by atoms with Gasteiger partial charge in [-0.3, -0.25) is 4.79 Å². The second kappa shape index (κ2) is 6.19. The van der Waals surface area contributed by atoms with Crippen LogP contribution < -0.4 is 4.90 Å². The first kappa shape index (κ1) is 16.9. The number of carbonyl (C=O) groups is 1. The van der Waals surface area contributed by atoms with Crippen LogP contribution in [0.3, 0.4) is 0 Å². The Morgan fingerprint density at radius 3 is 2.44 bits per heavy atom. The number of hydrogen-bond donors (Lipinski definition) is 0. The first-order valence-electron chi connectivity index (χ1n) is 7.35. The minimum absolute atomic E-state index is 0.0548. The number of fused-ring (bicyclic) bond motifs is 1. The van der Waals surface area contributed by atoms with Crippen molar-refractivity contribution < 1.29 is 26.8 Å². The number of aromatic nitrogens is 1. The Bertz CT molecular complexity index is 917. The van der Waals surface area contributed by atoms with Gasteiger partial charge in [-0.25, -0.2) is 9.37 Å². The molecule has 3 rings (SSSR count). The number of nitrogens with zero attached hydrogens (tertiary/aromatic N) is 2. The Kier molecular flexibility index (Phi) is 4.20. The molecule has 1 heterocycles. The zero-order chi connectivity index (χ0) is 18.2. The van der Waals surface area contributed by atoms with E-state index in [2.05, 4.69) is 4.98 Å². The van der Waals surface area contributed by atoms with E-state index in [0.29, 0.717) is 16.0 Å². The Hall–Kier alpha value is -2.90. The highest BCUT2D eigenvalue weighted by Gasteiger charge is 2.42. The molecule has 0 N–H and O–H groups in total. The quantitative estimate of drug-likeness (QED) is 0.650. The molecule has 3 aromatic rings. The minimum atomic E-state index is -4.97. The monoisotopic (exact) mass is 352 g/mol. The zero-order valence-electron chi connectivity index (χ0n) is 13.0. The molecule has 25 heavy (non-hydrogen) atoms. The molecule has 0 bridgehead atoms. The molecule has 0 aliphatic heterocycles. The number of anilines is 1. The van der Waals surface area contributed by atoms with Gasteiger partial charge in [0.2, 0.25) is 5.89 Å². The molecule has 0 radical (unpaired) electrons. The molecule has 1 amide bonds. The van der Waals surface area contributed by atoms with Crippen molar-refractivity contribution in [2.24, 2.45) is 0 Å². The predicted molar refractivity (Wildman–Crippen MR) is 83.5 cm³/mol. The number of benzene rings is 2. The van der Waals surface area contributed by atoms with Crippen LogP contribution in [-0.2, 0) is 4.79 Å². The normalized spacial score (nSPS) is 11.7. The van der Waals surface area contributed by atoms with E-state index in [0.717, 1.165) is 0 Å². The molecule has 2 aromatic carbocycles. The number of carbonyl (C=O) groups excluding carboxylic acids is 1. The fourth-order valence-electron chi connectivity index (χ4n) is 2.39. The fourth-order valence-corrected chi connectivity index (χ4v) is 2.39. The molecule has 0 unspecified atom stereocenters. The Labute approximate surface area is 139 Å². The molecular formula is C17H12F4N2O2. The van der Waals surface area contributed by atoms with Crippen molar-refractivity contribution in [3.8, 4) is 11.5 Å². The smallest absolute Gasteiger partial charge is 0.436 e. The lowest BCUT2D eigenvalue weighted by Crippen LogP contribution is -2.41. The number of hydrogen-bond acceptors (Lipinski definition) is 3. The van der Waals surface area contributed by atoms with Gasteiger partial charge in [0.25, 0.3) is 0 Å². The van der Waals surface area contributed by atoms with Crippen LogP contribution in [-0.4, -0.2) is 23.6 Å². The molecule has 130 valence electrons. The first-order chi connectivity index (χ1) is 11.8. The second-order valence-electron chi connectivity index (χ2n) is 5.23. The van der Waals surface area contributed by atoms with Crippen LogP contribution in [0.25, 0.3) is 22.6 Å². The van der Waals surface area contributed by atoms with Gasteiger partial charge in [0, 0.05) is 23.9 Å². The third-order valence-corrected chi connectivity index (χ3v) is 3.58. The summed E-state index contributed by atoms with van der Waals surface area (Å²) in [6.07, 6.45) is -4.97. The summed E-state index contributed by atoms with van der Waals surface area (Å²) in [5.74, 6) is -2.16. The van der Waals surface area contributed by atoms with Crippen molar-refractivity contribution in [1.82, 2.24) is 4.98 Å². The second-order valence-corrected chi connectivity index (χ2v) is 5.23. The fraction of sp³-hybridized carbons (Fsp3) is 0.176. The lowest BCUT2D eigenvalue weighted by atomic mass is 10.2. The maximum Gasteiger partial charge on any atom is 0.471 e. The highest BCUT2D eigenvalue weighted by atomic mass is 19.4. The van der Waals surface area contributed by atoms with Crippen LogP contribution in [0.5, 0.6) is 0 Å². The summed E-state index contributed by atoms with van der Waals surface area (Å²) in [5, 5.41) is 0. The van der Waals surface area contributed by atoms with E-state index in [9.17, 15) is 22.4 Å². The summed E-state index contributed by atoms with van der Waals surface area (Å²) in [4.78, 5) is 16.3. The zero-order valence-corrected chi connectivity index (χ0v) is 13.0. The van der Waals surface area contributed by atoms with E-state index in [4.69, 9.17) is 4.42 Å². The van der Waals surface area contributed by atoms with E-state index in [1.54, 1.807) is 0 Å². The van der Waals surface area contributed by atoms with Gasteiger partial charge in [-0.15, -0.1) is 0 Å². The van der Waals surface area contributed by atoms with Crippen molar-refractivity contribution in [1.29, 1.82) is 0 Å². The van der Waals surface area contributed by atoms with Crippen LogP contribution in [0.2, 0.25) is 0 Å². The van der Waals surface area contributed by atoms with Crippen LogP contribution >= 0.6 is 0 Å². The molecular weight excluding hydrogens is 340 g/mol. The summed E-state index contributed by atoms with van der Waals surface area (Å²) >= 11 is 0. The Morgan fingerprint density at radius 2 is 1.84 bits per heavy atom. The summed E-state index contributed by atoms with van der Waals surface area (Å²) < 4.78 is 56.6. The molecule has 0 aliphatic rings. The van der Waals surface area contributed by atoms with E-state index in [1.807, 2.05) is 0 Å². The maximum atomic E-state index is 13.0. The average molecular weight is 352 g/mol. The van der Waals surface area contributed by atoms with Crippen molar-refractivity contribution in [3.63, 3.8) is 0 Å². The number of halogens is 4. The lowest BCUT2D eigenvalue weighted by molar-refractivity contribution is -0.170. The van der Waals surface area contributed by atoms with Gasteiger partial charge in [-0.1, -0.05) is 0 Å². The molecule has 0 saturated carbocycles. The molecule has 0 saturated heterocycles. The summed E-state index contributed by atoms with van der Waals surface area (Å²) in [5.41, 5.74) is 1.22. The largest absolute Gasteiger partial charge is 0.471 e. The van der Waals surface area contributed by atoms with Gasteiger partial charge in [0.15, 0.2) is 5.58 Å². The van der Waals surface area contributed by atoms with Gasteiger partial charge in [0.1, 0.15) is 11.3 Å². The highest BCUT2D eigenvalue weighted by molar-refractivity contribution is 5.98. The molecule has 8 heteroatoms. The summed E-state index contributed by atoms with van der Waals surface area (Å²) in [7, 11) is 0. The summed E-state index contributed by atoms with van der Waals surface area (Å²) in [6.45, 7) is 1.29. The first-order valence-corrected chi connectivity index (χ1v) is 7.35. The van der Waals surface area contributed by atoms with Gasteiger partial charge >= 0.3 is 12.1 Å². The van der Waals surface area contributed by atoms with Crippen molar-refractivity contribution >= 4 is 22.7 Å². The van der Waals surface area contributed by atoms with Crippen LogP contribution in [0.15, 0.2) is 46.9 Å². The van der Waals surface area contributed by atoms with Crippen LogP contribution in [0, 0.1) is 5.82 Å². The average Bonchev–Trinajstić information content (AvgIpc) is 2.98. The number of oxazole rings is 1. The van der Waals surface area contributed by atoms with Crippen molar-refractivity contribution in [2.75, 3.05) is 11.4 Å². The molecule has 0 spiro atoms. The standard InChI is InChI=1S/C17H12F4N2O2/c1-2-23(16(24)17(19,20)21)12-7-8-13-14(9-12)25-15(22-13)10-3-5-11(18)6-4-10/h3-9H,2H2,1H3. The molecule has 4 nitrogen and oxygen atoms in total. The third-order valence-electron chi connectivity index (χ3n) is 3.58. The van der Waals surface area contributed by atoms with Gasteiger partial charge in [-0.05, 0) is 43.3 Å². The van der Waals surface area contributed by atoms with Gasteiger partial charge < -0.3 is 9.32 Å². The van der Waals surface area contributed by atoms with E-state index >= 15 is 0 Å². The number of rotatable bonds is 3. The molecule has 0 atom stereocenters. The Morgan fingerprint density at radius 1 is 1.16 bits per heavy atom. The maximum absolute atomic E-state index is 13.0. The highest BCUT2D eigenvalue weighted by Crippen LogP contribution is 2.29. The van der Waals surface area contributed by atoms with Crippen molar-refractivity contribution in [3.05, 3.63) is 48.3 Å². The SMILES string of the molecule is CCN(C(=O)C(F)(F)F)c1ccc2nc(-c3ccc(F)cc3)oc2c1. The van der Waals surface area contributed by atoms with Crippen LogP contribution in [0.1, 0.15) is 6.92 Å².